The van der Waals surface area contributed by atoms with Crippen LogP contribution >= 0.6 is 0 Å². The van der Waals surface area contributed by atoms with Gasteiger partial charge in [0.1, 0.15) is 0 Å². The number of ether oxygens (including phenoxy) is 1. The lowest BCUT2D eigenvalue weighted by Crippen LogP contribution is -1.98. The van der Waals surface area contributed by atoms with Crippen molar-refractivity contribution >= 4 is 5.69 Å². The van der Waals surface area contributed by atoms with Gasteiger partial charge >= 0.3 is 0 Å². The van der Waals surface area contributed by atoms with Crippen LogP contribution in [0.4, 0.5) is 5.69 Å². The van der Waals surface area contributed by atoms with E-state index in [1.165, 1.54) is 0 Å². The summed E-state index contributed by atoms with van der Waals surface area (Å²) in [5.74, 6) is 0.604. The van der Waals surface area contributed by atoms with E-state index in [1.54, 1.807) is 19.5 Å². The molecule has 78 valence electrons. The van der Waals surface area contributed by atoms with Crippen molar-refractivity contribution in [2.75, 3.05) is 12.4 Å². The number of aromatic nitrogens is 3. The molecule has 0 atom stereocenters. The van der Waals surface area contributed by atoms with Crippen molar-refractivity contribution in [1.29, 1.82) is 0 Å². The number of H-pyrrole nitrogens is 1. The zero-order chi connectivity index (χ0) is 10.5. The van der Waals surface area contributed by atoms with Gasteiger partial charge in [0.25, 0.3) is 0 Å². The summed E-state index contributed by atoms with van der Waals surface area (Å²) in [4.78, 5) is 4.02. The highest BCUT2D eigenvalue weighted by Gasteiger charge is 1.97. The maximum Gasteiger partial charge on any atom is 0.214 e. The molecule has 15 heavy (non-hydrogen) atoms. The highest BCUT2D eigenvalue weighted by molar-refractivity contribution is 5.45. The second kappa shape index (κ2) is 4.45. The van der Waals surface area contributed by atoms with E-state index in [1.807, 2.05) is 18.3 Å². The number of rotatable bonds is 4. The number of methoxy groups -OCH3 is 1. The Morgan fingerprint density at radius 2 is 2.47 bits per heavy atom. The minimum absolute atomic E-state index is 0.604. The average Bonchev–Trinajstić information content (AvgIpc) is 2.79. The number of hydrogen-bond donors (Lipinski definition) is 2. The van der Waals surface area contributed by atoms with Gasteiger partial charge in [-0.25, -0.2) is 4.98 Å². The van der Waals surface area contributed by atoms with Gasteiger partial charge in [0.15, 0.2) is 0 Å². The number of anilines is 1. The van der Waals surface area contributed by atoms with Crippen molar-refractivity contribution in [2.45, 2.75) is 6.54 Å². The molecule has 2 aromatic rings. The lowest BCUT2D eigenvalue weighted by Gasteiger charge is -2.05. The third kappa shape index (κ3) is 2.46. The van der Waals surface area contributed by atoms with Gasteiger partial charge in [0, 0.05) is 36.3 Å². The Balaban J connectivity index is 1.98. The van der Waals surface area contributed by atoms with Crippen LogP contribution in [0, 0.1) is 0 Å². The largest absolute Gasteiger partial charge is 0.481 e. The van der Waals surface area contributed by atoms with Crippen LogP contribution in [-0.2, 0) is 6.54 Å². The molecule has 0 spiro atoms. The summed E-state index contributed by atoms with van der Waals surface area (Å²) in [7, 11) is 1.60. The monoisotopic (exact) mass is 204 g/mol. The molecule has 0 saturated heterocycles. The lowest BCUT2D eigenvalue weighted by molar-refractivity contribution is 0.398. The molecule has 0 radical (unpaired) electrons. The highest BCUT2D eigenvalue weighted by atomic mass is 16.5. The molecule has 0 bridgehead atoms. The van der Waals surface area contributed by atoms with E-state index < -0.39 is 0 Å². The van der Waals surface area contributed by atoms with Crippen molar-refractivity contribution in [3.05, 3.63) is 36.3 Å². The molecule has 0 aliphatic rings. The van der Waals surface area contributed by atoms with E-state index in [0.29, 0.717) is 5.88 Å². The van der Waals surface area contributed by atoms with Crippen LogP contribution < -0.4 is 10.1 Å². The molecule has 2 aromatic heterocycles. The molecule has 5 heteroatoms. The van der Waals surface area contributed by atoms with Crippen LogP contribution in [0.1, 0.15) is 5.56 Å². The van der Waals surface area contributed by atoms with Crippen LogP contribution in [0.5, 0.6) is 5.88 Å². The van der Waals surface area contributed by atoms with Gasteiger partial charge in [-0.05, 0) is 6.07 Å². The number of hydrogen-bond acceptors (Lipinski definition) is 4. The van der Waals surface area contributed by atoms with Crippen LogP contribution in [0.15, 0.2) is 30.7 Å². The standard InChI is InChI=1S/C10H12N4O/c1-15-10-4-9(2-3-11-10)12-5-8-6-13-14-7-8/h2-4,6-7H,5H2,1H3,(H,11,12)(H,13,14). The summed E-state index contributed by atoms with van der Waals surface area (Å²) in [5.41, 5.74) is 2.08. The molecule has 0 aliphatic heterocycles. The quantitative estimate of drug-likeness (QED) is 0.790. The first-order valence-electron chi connectivity index (χ1n) is 4.60. The second-order valence-electron chi connectivity index (χ2n) is 3.05. The fraction of sp³-hybridized carbons (Fsp3) is 0.200. The first-order chi connectivity index (χ1) is 7.38. The number of nitrogens with one attached hydrogen (secondary N) is 2. The topological polar surface area (TPSA) is 62.8 Å². The average molecular weight is 204 g/mol. The molecular weight excluding hydrogens is 192 g/mol. The van der Waals surface area contributed by atoms with Gasteiger partial charge in [0.2, 0.25) is 5.88 Å². The summed E-state index contributed by atoms with van der Waals surface area (Å²) in [6, 6.07) is 3.74. The summed E-state index contributed by atoms with van der Waals surface area (Å²) in [6.45, 7) is 0.726. The van der Waals surface area contributed by atoms with Crippen LogP contribution in [0.2, 0.25) is 0 Å². The van der Waals surface area contributed by atoms with Crippen LogP contribution in [0.3, 0.4) is 0 Å². The summed E-state index contributed by atoms with van der Waals surface area (Å²) < 4.78 is 5.02. The van der Waals surface area contributed by atoms with E-state index in [4.69, 9.17) is 4.74 Å². The summed E-state index contributed by atoms with van der Waals surface area (Å²) in [6.07, 6.45) is 5.34. The van der Waals surface area contributed by atoms with Gasteiger partial charge < -0.3 is 10.1 Å². The third-order valence-corrected chi connectivity index (χ3v) is 2.00. The second-order valence-corrected chi connectivity index (χ2v) is 3.05. The van der Waals surface area contributed by atoms with E-state index in [0.717, 1.165) is 17.8 Å². The van der Waals surface area contributed by atoms with Crippen LogP contribution in [-0.4, -0.2) is 22.3 Å². The minimum atomic E-state index is 0.604. The predicted molar refractivity (Wildman–Crippen MR) is 56.7 cm³/mol. The van der Waals surface area contributed by atoms with Gasteiger partial charge in [0.05, 0.1) is 13.3 Å². The van der Waals surface area contributed by atoms with Gasteiger partial charge in [-0.15, -0.1) is 0 Å². The molecule has 2 rings (SSSR count). The van der Waals surface area contributed by atoms with Gasteiger partial charge in [-0.1, -0.05) is 0 Å². The SMILES string of the molecule is COc1cc(NCc2cn[nH]c2)ccn1. The van der Waals surface area contributed by atoms with Crippen molar-refractivity contribution in [3.63, 3.8) is 0 Å². The summed E-state index contributed by atoms with van der Waals surface area (Å²) >= 11 is 0. The van der Waals surface area contributed by atoms with Crippen LogP contribution in [0.25, 0.3) is 0 Å². The molecule has 2 heterocycles. The Morgan fingerprint density at radius 3 is 3.20 bits per heavy atom. The molecular formula is C10H12N4O. The first-order valence-corrected chi connectivity index (χ1v) is 4.60. The lowest BCUT2D eigenvalue weighted by atomic mass is 10.3. The number of aromatic amines is 1. The summed E-state index contributed by atoms with van der Waals surface area (Å²) in [5, 5.41) is 9.87. The first kappa shape index (κ1) is 9.51. The fourth-order valence-corrected chi connectivity index (χ4v) is 1.21. The molecule has 0 aromatic carbocycles. The smallest absolute Gasteiger partial charge is 0.214 e. The molecule has 5 nitrogen and oxygen atoms in total. The Labute approximate surface area is 87.5 Å². The Morgan fingerprint density at radius 1 is 1.53 bits per heavy atom. The zero-order valence-corrected chi connectivity index (χ0v) is 8.40. The fourth-order valence-electron chi connectivity index (χ4n) is 1.21. The van der Waals surface area contributed by atoms with E-state index in [-0.39, 0.29) is 0 Å². The van der Waals surface area contributed by atoms with E-state index in [2.05, 4.69) is 20.5 Å². The molecule has 0 unspecified atom stereocenters. The minimum Gasteiger partial charge on any atom is -0.481 e. The highest BCUT2D eigenvalue weighted by Crippen LogP contribution is 2.13. The van der Waals surface area contributed by atoms with E-state index >= 15 is 0 Å². The molecule has 2 N–H and O–H groups in total. The van der Waals surface area contributed by atoms with Crippen molar-refractivity contribution in [1.82, 2.24) is 15.2 Å². The molecule has 0 aliphatic carbocycles. The molecule has 0 saturated carbocycles. The Kier molecular flexibility index (Phi) is 2.82. The maximum atomic E-state index is 5.02. The van der Waals surface area contributed by atoms with Crippen molar-refractivity contribution in [3.8, 4) is 5.88 Å². The molecule has 0 fully saturated rings. The number of pyridine rings is 1. The van der Waals surface area contributed by atoms with Gasteiger partial charge in [-0.2, -0.15) is 5.10 Å². The predicted octanol–water partition coefficient (Wildman–Crippen LogP) is 1.43. The normalized spacial score (nSPS) is 9.93. The van der Waals surface area contributed by atoms with E-state index in [9.17, 15) is 0 Å². The Bertz CT molecular complexity index is 413. The van der Waals surface area contributed by atoms with Crippen molar-refractivity contribution in [2.24, 2.45) is 0 Å². The van der Waals surface area contributed by atoms with Gasteiger partial charge in [-0.3, -0.25) is 5.10 Å². The zero-order valence-electron chi connectivity index (χ0n) is 8.40. The third-order valence-electron chi connectivity index (χ3n) is 2.00. The van der Waals surface area contributed by atoms with Crippen molar-refractivity contribution < 1.29 is 4.74 Å². The molecule has 0 amide bonds. The number of nitrogens with zero attached hydrogens (tertiary/aromatic N) is 2. The maximum absolute atomic E-state index is 5.02. The Hall–Kier alpha value is -2.04.